The van der Waals surface area contributed by atoms with Gasteiger partial charge in [-0.1, -0.05) is 0 Å². The number of furan rings is 1. The van der Waals surface area contributed by atoms with Gasteiger partial charge >= 0.3 is 12.1 Å². The number of carboxylic acid groups (broad SMARTS) is 1. The van der Waals surface area contributed by atoms with Crippen LogP contribution in [0, 0.1) is 0 Å². The van der Waals surface area contributed by atoms with Gasteiger partial charge in [-0.3, -0.25) is 0 Å². The molecule has 21 heavy (non-hydrogen) atoms. The Morgan fingerprint density at radius 2 is 2.10 bits per heavy atom. The molecule has 0 fully saturated rings. The minimum atomic E-state index is -1.02. The normalized spacial score (nSPS) is 12.8. The molecule has 0 saturated heterocycles. The zero-order chi connectivity index (χ0) is 16.0. The maximum Gasteiger partial charge on any atom is 0.407 e. The van der Waals surface area contributed by atoms with E-state index in [0.29, 0.717) is 18.8 Å². The van der Waals surface area contributed by atoms with Crippen LogP contribution >= 0.6 is 0 Å². The van der Waals surface area contributed by atoms with Crippen molar-refractivity contribution in [3.05, 3.63) is 23.7 Å². The van der Waals surface area contributed by atoms with Crippen LogP contribution in [0.2, 0.25) is 0 Å². The average Bonchev–Trinajstić information content (AvgIpc) is 2.80. The molecule has 1 atom stereocenters. The summed E-state index contributed by atoms with van der Waals surface area (Å²) in [6, 6.07) is 1.44. The van der Waals surface area contributed by atoms with Crippen LogP contribution in [-0.2, 0) is 11.3 Å². The third-order valence-electron chi connectivity index (χ3n) is 2.48. The van der Waals surface area contributed by atoms with Crippen LogP contribution in [0.1, 0.15) is 43.8 Å². The summed E-state index contributed by atoms with van der Waals surface area (Å²) in [5.41, 5.74) is -0.409. The first kappa shape index (κ1) is 17.0. The molecule has 118 valence electrons. The number of ether oxygens (including phenoxy) is 1. The molecule has 1 unspecified atom stereocenters. The van der Waals surface area contributed by atoms with E-state index in [2.05, 4.69) is 10.6 Å². The largest absolute Gasteiger partial charge is 0.478 e. The zero-order valence-corrected chi connectivity index (χ0v) is 12.7. The monoisotopic (exact) mass is 298 g/mol. The highest BCUT2D eigenvalue weighted by Gasteiger charge is 2.16. The third kappa shape index (κ3) is 6.80. The highest BCUT2D eigenvalue weighted by Crippen LogP contribution is 2.08. The van der Waals surface area contributed by atoms with Crippen LogP contribution in [0.15, 0.2) is 16.7 Å². The molecule has 7 nitrogen and oxygen atoms in total. The minimum absolute atomic E-state index is 0.0177. The van der Waals surface area contributed by atoms with Gasteiger partial charge in [0.25, 0.3) is 0 Å². The topological polar surface area (TPSA) is 101 Å². The summed E-state index contributed by atoms with van der Waals surface area (Å²) < 4.78 is 10.2. The second-order valence-electron chi connectivity index (χ2n) is 5.77. The molecule has 0 aliphatic rings. The molecular weight excluding hydrogens is 276 g/mol. The lowest BCUT2D eigenvalue weighted by Gasteiger charge is -2.21. The Bertz CT molecular complexity index is 490. The summed E-state index contributed by atoms with van der Waals surface area (Å²) in [7, 11) is 0. The summed E-state index contributed by atoms with van der Waals surface area (Å²) in [5.74, 6) is -0.499. The molecular formula is C14H22N2O5. The smallest absolute Gasteiger partial charge is 0.407 e. The number of hydrogen-bond acceptors (Lipinski definition) is 5. The average molecular weight is 298 g/mol. The van der Waals surface area contributed by atoms with Gasteiger partial charge in [0.1, 0.15) is 17.6 Å². The summed E-state index contributed by atoms with van der Waals surface area (Å²) in [4.78, 5) is 22.2. The highest BCUT2D eigenvalue weighted by molar-refractivity contribution is 5.87. The van der Waals surface area contributed by atoms with E-state index in [1.807, 2.05) is 6.92 Å². The molecule has 0 bridgehead atoms. The number of carbonyl (C=O) groups excluding carboxylic acids is 1. The van der Waals surface area contributed by atoms with Gasteiger partial charge in [0.2, 0.25) is 0 Å². The second-order valence-corrected chi connectivity index (χ2v) is 5.77. The van der Waals surface area contributed by atoms with Crippen LogP contribution in [0.25, 0.3) is 0 Å². The number of carbonyl (C=O) groups is 2. The SMILES string of the molecule is CC(CNC(=O)OC(C)(C)C)NCc1cc(C(=O)O)co1. The van der Waals surface area contributed by atoms with Crippen molar-refractivity contribution in [2.24, 2.45) is 0 Å². The number of carboxylic acids is 1. The molecule has 1 aromatic rings. The van der Waals surface area contributed by atoms with Crippen LogP contribution in [0.3, 0.4) is 0 Å². The molecule has 1 amide bonds. The predicted molar refractivity (Wildman–Crippen MR) is 76.2 cm³/mol. The molecule has 7 heteroatoms. The number of aromatic carboxylic acids is 1. The van der Waals surface area contributed by atoms with E-state index >= 15 is 0 Å². The van der Waals surface area contributed by atoms with Crippen LogP contribution < -0.4 is 10.6 Å². The van der Waals surface area contributed by atoms with Gasteiger partial charge in [0.05, 0.1) is 12.1 Å². The number of amides is 1. The van der Waals surface area contributed by atoms with E-state index in [0.717, 1.165) is 0 Å². The molecule has 1 heterocycles. The summed E-state index contributed by atoms with van der Waals surface area (Å²) >= 11 is 0. The van der Waals surface area contributed by atoms with Gasteiger partial charge in [-0.25, -0.2) is 9.59 Å². The Hall–Kier alpha value is -2.02. The Morgan fingerprint density at radius 3 is 2.62 bits per heavy atom. The molecule has 3 N–H and O–H groups in total. The van der Waals surface area contributed by atoms with Crippen molar-refractivity contribution in [1.82, 2.24) is 10.6 Å². The maximum atomic E-state index is 11.5. The fraction of sp³-hybridized carbons (Fsp3) is 0.571. The first-order valence-corrected chi connectivity index (χ1v) is 6.68. The highest BCUT2D eigenvalue weighted by atomic mass is 16.6. The van der Waals surface area contributed by atoms with Crippen molar-refractivity contribution >= 4 is 12.1 Å². The van der Waals surface area contributed by atoms with Gasteiger partial charge in [0.15, 0.2) is 0 Å². The van der Waals surface area contributed by atoms with Crippen molar-refractivity contribution in [1.29, 1.82) is 0 Å². The van der Waals surface area contributed by atoms with E-state index in [-0.39, 0.29) is 11.6 Å². The molecule has 0 aliphatic carbocycles. The lowest BCUT2D eigenvalue weighted by Crippen LogP contribution is -2.40. The van der Waals surface area contributed by atoms with Gasteiger partial charge in [-0.2, -0.15) is 0 Å². The van der Waals surface area contributed by atoms with E-state index in [1.54, 1.807) is 20.8 Å². The molecule has 0 aliphatic heterocycles. The second kappa shape index (κ2) is 7.12. The predicted octanol–water partition coefficient (Wildman–Crippen LogP) is 1.98. The van der Waals surface area contributed by atoms with Gasteiger partial charge < -0.3 is 24.9 Å². The van der Waals surface area contributed by atoms with Crippen LogP contribution in [-0.4, -0.2) is 35.4 Å². The standard InChI is InChI=1S/C14H22N2O5/c1-9(6-16-13(19)21-14(2,3)4)15-7-11-5-10(8-20-11)12(17)18/h5,8-9,15H,6-7H2,1-4H3,(H,16,19)(H,17,18). The van der Waals surface area contributed by atoms with Gasteiger partial charge in [-0.05, 0) is 33.8 Å². The Morgan fingerprint density at radius 1 is 1.43 bits per heavy atom. The summed E-state index contributed by atoms with van der Waals surface area (Å²) in [6.07, 6.45) is 0.727. The molecule has 1 rings (SSSR count). The van der Waals surface area contributed by atoms with Crippen molar-refractivity contribution in [3.63, 3.8) is 0 Å². The molecule has 0 radical (unpaired) electrons. The summed E-state index contributed by atoms with van der Waals surface area (Å²) in [5, 5.41) is 14.5. The number of alkyl carbamates (subject to hydrolysis) is 1. The van der Waals surface area contributed by atoms with Crippen molar-refractivity contribution < 1.29 is 23.8 Å². The van der Waals surface area contributed by atoms with Gasteiger partial charge in [0, 0.05) is 12.6 Å². The number of hydrogen-bond donors (Lipinski definition) is 3. The van der Waals surface area contributed by atoms with Crippen molar-refractivity contribution in [2.45, 2.75) is 45.9 Å². The van der Waals surface area contributed by atoms with Crippen LogP contribution in [0.4, 0.5) is 4.79 Å². The lowest BCUT2D eigenvalue weighted by molar-refractivity contribution is 0.0522. The quantitative estimate of drug-likeness (QED) is 0.742. The Labute approximate surface area is 123 Å². The van der Waals surface area contributed by atoms with Gasteiger partial charge in [-0.15, -0.1) is 0 Å². The first-order valence-electron chi connectivity index (χ1n) is 6.68. The molecule has 0 aromatic carbocycles. The fourth-order valence-electron chi connectivity index (χ4n) is 1.48. The Kier molecular flexibility index (Phi) is 5.78. The minimum Gasteiger partial charge on any atom is -0.478 e. The van der Waals surface area contributed by atoms with Crippen LogP contribution in [0.5, 0.6) is 0 Å². The van der Waals surface area contributed by atoms with Crippen molar-refractivity contribution in [2.75, 3.05) is 6.54 Å². The Balaban J connectivity index is 2.29. The zero-order valence-electron chi connectivity index (χ0n) is 12.7. The molecule has 1 aromatic heterocycles. The van der Waals surface area contributed by atoms with E-state index in [1.165, 1.54) is 12.3 Å². The lowest BCUT2D eigenvalue weighted by atomic mass is 10.2. The van der Waals surface area contributed by atoms with E-state index < -0.39 is 17.7 Å². The summed E-state index contributed by atoms with van der Waals surface area (Å²) in [6.45, 7) is 8.05. The number of rotatable bonds is 6. The van der Waals surface area contributed by atoms with E-state index in [4.69, 9.17) is 14.3 Å². The molecule has 0 spiro atoms. The number of nitrogens with one attached hydrogen (secondary N) is 2. The fourth-order valence-corrected chi connectivity index (χ4v) is 1.48. The van der Waals surface area contributed by atoms with E-state index in [9.17, 15) is 9.59 Å². The maximum absolute atomic E-state index is 11.5. The first-order chi connectivity index (χ1) is 9.67. The molecule has 0 saturated carbocycles. The van der Waals surface area contributed by atoms with Crippen molar-refractivity contribution in [3.8, 4) is 0 Å². The third-order valence-corrected chi connectivity index (χ3v) is 2.48.